The number of carboxylic acid groups (broad SMARTS) is 1. The van der Waals surface area contributed by atoms with Crippen LogP contribution in [0.1, 0.15) is 37.7 Å². The van der Waals surface area contributed by atoms with E-state index in [1.807, 2.05) is 18.0 Å². The van der Waals surface area contributed by atoms with E-state index in [0.29, 0.717) is 6.04 Å². The molecule has 1 atom stereocenters. The van der Waals surface area contributed by atoms with E-state index in [0.717, 1.165) is 76.5 Å². The molecule has 0 saturated carbocycles. The molecule has 0 amide bonds. The van der Waals surface area contributed by atoms with Crippen LogP contribution in [0.3, 0.4) is 0 Å². The van der Waals surface area contributed by atoms with Crippen molar-refractivity contribution >= 4 is 5.97 Å². The fourth-order valence-corrected chi connectivity index (χ4v) is 3.79. The van der Waals surface area contributed by atoms with Gasteiger partial charge in [-0.1, -0.05) is 6.07 Å². The third-order valence-corrected chi connectivity index (χ3v) is 5.27. The summed E-state index contributed by atoms with van der Waals surface area (Å²) in [6.45, 7) is 4.56. The van der Waals surface area contributed by atoms with Crippen molar-refractivity contribution in [1.29, 1.82) is 0 Å². The molecule has 1 fully saturated rings. The van der Waals surface area contributed by atoms with Crippen LogP contribution in [0, 0.1) is 0 Å². The molecule has 0 radical (unpaired) electrons. The molecule has 2 aliphatic heterocycles. The Balaban J connectivity index is 1.57. The number of benzene rings is 1. The molecule has 6 nitrogen and oxygen atoms in total. The zero-order valence-corrected chi connectivity index (χ0v) is 15.7. The second kappa shape index (κ2) is 9.24. The minimum Gasteiger partial charge on any atom is -0.490 e. The molecular weight excluding hydrogens is 332 g/mol. The first-order valence-electron chi connectivity index (χ1n) is 9.65. The second-order valence-electron chi connectivity index (χ2n) is 7.35. The van der Waals surface area contributed by atoms with E-state index in [2.05, 4.69) is 17.0 Å². The van der Waals surface area contributed by atoms with Gasteiger partial charge in [0.2, 0.25) is 0 Å². The topological polar surface area (TPSA) is 62.2 Å². The maximum absolute atomic E-state index is 10.9. The molecule has 0 spiro atoms. The summed E-state index contributed by atoms with van der Waals surface area (Å²) in [5.41, 5.74) is 1.24. The number of nitrogens with zero attached hydrogens (tertiary/aromatic N) is 2. The molecule has 1 unspecified atom stereocenters. The first-order valence-corrected chi connectivity index (χ1v) is 9.65. The van der Waals surface area contributed by atoms with Crippen LogP contribution in [0.15, 0.2) is 18.2 Å². The van der Waals surface area contributed by atoms with Crippen molar-refractivity contribution in [3.8, 4) is 11.5 Å². The molecule has 0 aromatic heterocycles. The molecule has 144 valence electrons. The van der Waals surface area contributed by atoms with Crippen LogP contribution in [0.2, 0.25) is 0 Å². The number of fused-ring (bicyclic) bond motifs is 1. The van der Waals surface area contributed by atoms with Gasteiger partial charge in [0, 0.05) is 12.6 Å². The first kappa shape index (κ1) is 19.0. The standard InChI is InChI=1S/C20H30N2O4/c1-21(15-20(23)24)17-5-4-9-22(10-8-17)14-16-6-7-18-19(13-16)26-12-3-2-11-25-18/h6-7,13,17H,2-5,8-12,14-15H2,1H3,(H,23,24). The Bertz CT molecular complexity index is 607. The van der Waals surface area contributed by atoms with Crippen molar-refractivity contribution in [2.75, 3.05) is 39.9 Å². The Labute approximate surface area is 155 Å². The lowest BCUT2D eigenvalue weighted by Crippen LogP contribution is -2.36. The minimum atomic E-state index is -0.753. The highest BCUT2D eigenvalue weighted by Gasteiger charge is 2.22. The maximum atomic E-state index is 10.9. The highest BCUT2D eigenvalue weighted by Crippen LogP contribution is 2.31. The molecule has 26 heavy (non-hydrogen) atoms. The lowest BCUT2D eigenvalue weighted by molar-refractivity contribution is -0.138. The van der Waals surface area contributed by atoms with Gasteiger partial charge in [-0.15, -0.1) is 0 Å². The number of aliphatic carboxylic acids is 1. The quantitative estimate of drug-likeness (QED) is 0.869. The Kier molecular flexibility index (Phi) is 6.74. The lowest BCUT2D eigenvalue weighted by atomic mass is 10.1. The van der Waals surface area contributed by atoms with E-state index in [-0.39, 0.29) is 6.54 Å². The molecule has 3 rings (SSSR count). The predicted molar refractivity (Wildman–Crippen MR) is 99.8 cm³/mol. The number of rotatable bonds is 5. The number of carbonyl (C=O) groups is 1. The van der Waals surface area contributed by atoms with Crippen molar-refractivity contribution < 1.29 is 19.4 Å². The van der Waals surface area contributed by atoms with E-state index < -0.39 is 5.97 Å². The van der Waals surface area contributed by atoms with Crippen molar-refractivity contribution in [3.63, 3.8) is 0 Å². The SMILES string of the molecule is CN(CC(=O)O)C1CCCN(Cc2ccc3c(c2)OCCCCO3)CC1. The molecule has 2 aliphatic rings. The van der Waals surface area contributed by atoms with Crippen molar-refractivity contribution in [3.05, 3.63) is 23.8 Å². The Morgan fingerprint density at radius 2 is 1.92 bits per heavy atom. The Hall–Kier alpha value is -1.79. The molecular formula is C20H30N2O4. The molecule has 1 aromatic rings. The summed E-state index contributed by atoms with van der Waals surface area (Å²) in [6.07, 6.45) is 5.22. The normalized spacial score (nSPS) is 21.7. The molecule has 2 heterocycles. The summed E-state index contributed by atoms with van der Waals surface area (Å²) >= 11 is 0. The third-order valence-electron chi connectivity index (χ3n) is 5.27. The van der Waals surface area contributed by atoms with E-state index in [1.165, 1.54) is 5.56 Å². The minimum absolute atomic E-state index is 0.118. The highest BCUT2D eigenvalue weighted by molar-refractivity contribution is 5.69. The van der Waals surface area contributed by atoms with Crippen molar-refractivity contribution in [1.82, 2.24) is 9.80 Å². The summed E-state index contributed by atoms with van der Waals surface area (Å²) in [5, 5.41) is 8.99. The van der Waals surface area contributed by atoms with Crippen LogP contribution in [0.4, 0.5) is 0 Å². The molecule has 0 bridgehead atoms. The average molecular weight is 362 g/mol. The summed E-state index contributed by atoms with van der Waals surface area (Å²) in [4.78, 5) is 15.4. The van der Waals surface area contributed by atoms with Crippen molar-refractivity contribution in [2.45, 2.75) is 44.7 Å². The van der Waals surface area contributed by atoms with Crippen LogP contribution in [0.25, 0.3) is 0 Å². The van der Waals surface area contributed by atoms with Crippen molar-refractivity contribution in [2.24, 2.45) is 0 Å². The summed E-state index contributed by atoms with van der Waals surface area (Å²) in [5.74, 6) is 0.951. The highest BCUT2D eigenvalue weighted by atomic mass is 16.5. The first-order chi connectivity index (χ1) is 12.6. The van der Waals surface area contributed by atoms with Crippen LogP contribution < -0.4 is 9.47 Å². The van der Waals surface area contributed by atoms with E-state index in [9.17, 15) is 4.79 Å². The van der Waals surface area contributed by atoms with E-state index in [4.69, 9.17) is 14.6 Å². The van der Waals surface area contributed by atoms with E-state index in [1.54, 1.807) is 0 Å². The molecule has 1 aromatic carbocycles. The van der Waals surface area contributed by atoms with Gasteiger partial charge in [-0.25, -0.2) is 0 Å². The number of likely N-dealkylation sites (tertiary alicyclic amines) is 1. The van der Waals surface area contributed by atoms with Gasteiger partial charge in [0.05, 0.1) is 19.8 Å². The molecule has 0 aliphatic carbocycles. The van der Waals surface area contributed by atoms with Gasteiger partial charge < -0.3 is 14.6 Å². The largest absolute Gasteiger partial charge is 0.490 e. The monoisotopic (exact) mass is 362 g/mol. The van der Waals surface area contributed by atoms with Gasteiger partial charge in [-0.05, 0) is 69.9 Å². The molecule has 6 heteroatoms. The van der Waals surface area contributed by atoms with Gasteiger partial charge in [-0.2, -0.15) is 0 Å². The number of carboxylic acids is 1. The number of ether oxygens (including phenoxy) is 2. The summed E-state index contributed by atoms with van der Waals surface area (Å²) in [7, 11) is 1.92. The number of likely N-dealkylation sites (N-methyl/N-ethyl adjacent to an activating group) is 1. The third kappa shape index (κ3) is 5.35. The van der Waals surface area contributed by atoms with Gasteiger partial charge in [-0.3, -0.25) is 14.6 Å². The number of hydrogen-bond donors (Lipinski definition) is 1. The smallest absolute Gasteiger partial charge is 0.317 e. The zero-order valence-electron chi connectivity index (χ0n) is 15.7. The lowest BCUT2D eigenvalue weighted by Gasteiger charge is -2.25. The Morgan fingerprint density at radius 1 is 1.15 bits per heavy atom. The molecule has 1 saturated heterocycles. The van der Waals surface area contributed by atoms with Crippen LogP contribution in [-0.2, 0) is 11.3 Å². The van der Waals surface area contributed by atoms with Crippen LogP contribution in [-0.4, -0.2) is 66.8 Å². The Morgan fingerprint density at radius 3 is 2.69 bits per heavy atom. The average Bonchev–Trinajstić information content (AvgIpc) is 2.81. The van der Waals surface area contributed by atoms with Crippen LogP contribution in [0.5, 0.6) is 11.5 Å². The fourth-order valence-electron chi connectivity index (χ4n) is 3.79. The fraction of sp³-hybridized carbons (Fsp3) is 0.650. The van der Waals surface area contributed by atoms with Gasteiger partial charge in [0.25, 0.3) is 0 Å². The van der Waals surface area contributed by atoms with Gasteiger partial charge in [0.15, 0.2) is 11.5 Å². The van der Waals surface area contributed by atoms with E-state index >= 15 is 0 Å². The summed E-state index contributed by atoms with van der Waals surface area (Å²) < 4.78 is 11.6. The second-order valence-corrected chi connectivity index (χ2v) is 7.35. The molecule has 1 N–H and O–H groups in total. The summed E-state index contributed by atoms with van der Waals surface area (Å²) in [6, 6.07) is 6.61. The van der Waals surface area contributed by atoms with Gasteiger partial charge >= 0.3 is 5.97 Å². The number of hydrogen-bond acceptors (Lipinski definition) is 5. The van der Waals surface area contributed by atoms with Crippen LogP contribution >= 0.6 is 0 Å². The maximum Gasteiger partial charge on any atom is 0.317 e. The zero-order chi connectivity index (χ0) is 18.4. The predicted octanol–water partition coefficient (Wildman–Crippen LogP) is 2.61. The van der Waals surface area contributed by atoms with Gasteiger partial charge in [0.1, 0.15) is 0 Å².